The summed E-state index contributed by atoms with van der Waals surface area (Å²) >= 11 is 1.50. The van der Waals surface area contributed by atoms with E-state index in [1.54, 1.807) is 6.92 Å². The Morgan fingerprint density at radius 1 is 1.30 bits per heavy atom. The predicted molar refractivity (Wildman–Crippen MR) is 88.7 cm³/mol. The van der Waals surface area contributed by atoms with Gasteiger partial charge in [-0.15, -0.1) is 11.3 Å². The molecule has 3 rings (SSSR count). The van der Waals surface area contributed by atoms with Gasteiger partial charge in [0.25, 0.3) is 5.56 Å². The topological polar surface area (TPSA) is 52.0 Å². The normalized spacial score (nSPS) is 11.1. The van der Waals surface area contributed by atoms with Gasteiger partial charge in [0.05, 0.1) is 11.9 Å². The van der Waals surface area contributed by atoms with Crippen LogP contribution in [0.5, 0.6) is 0 Å². The number of Topliss-reactive ketones (excluding diaryl/α,β-unsaturated/α-hetero) is 1. The van der Waals surface area contributed by atoms with Crippen LogP contribution in [0, 0.1) is 12.7 Å². The molecule has 0 saturated heterocycles. The molecule has 23 heavy (non-hydrogen) atoms. The number of nitrogens with zero attached hydrogens (tertiary/aromatic N) is 2. The summed E-state index contributed by atoms with van der Waals surface area (Å²) in [5, 5.41) is 0.546. The van der Waals surface area contributed by atoms with Crippen molar-refractivity contribution in [1.29, 1.82) is 0 Å². The summed E-state index contributed by atoms with van der Waals surface area (Å²) in [6, 6.07) is 7.15. The van der Waals surface area contributed by atoms with Crippen molar-refractivity contribution in [3.63, 3.8) is 0 Å². The van der Waals surface area contributed by atoms with Gasteiger partial charge in [-0.25, -0.2) is 9.37 Å². The Bertz CT molecular complexity index is 942. The molecule has 118 valence electrons. The number of fused-ring (bicyclic) bond motifs is 1. The SMILES string of the molecule is CCc1cc2c(=O)n(CC(=O)c3ccc(F)cc3)c(C)nc2s1. The van der Waals surface area contributed by atoms with Crippen molar-refractivity contribution in [2.75, 3.05) is 0 Å². The molecular weight excluding hydrogens is 315 g/mol. The van der Waals surface area contributed by atoms with E-state index < -0.39 is 5.82 Å². The Kier molecular flexibility index (Phi) is 4.09. The number of halogens is 1. The molecule has 0 aliphatic carbocycles. The first-order valence-electron chi connectivity index (χ1n) is 7.28. The third-order valence-corrected chi connectivity index (χ3v) is 4.88. The minimum atomic E-state index is -0.400. The lowest BCUT2D eigenvalue weighted by atomic mass is 10.1. The fourth-order valence-electron chi connectivity index (χ4n) is 2.40. The maximum absolute atomic E-state index is 12.9. The molecule has 0 fully saturated rings. The van der Waals surface area contributed by atoms with Gasteiger partial charge in [-0.1, -0.05) is 6.92 Å². The Morgan fingerprint density at radius 2 is 2.00 bits per heavy atom. The summed E-state index contributed by atoms with van der Waals surface area (Å²) in [6.45, 7) is 3.63. The fraction of sp³-hybridized carbons (Fsp3) is 0.235. The number of carbonyl (C=O) groups is 1. The number of hydrogen-bond acceptors (Lipinski definition) is 4. The molecular formula is C17H15FN2O2S. The van der Waals surface area contributed by atoms with Crippen molar-refractivity contribution in [1.82, 2.24) is 9.55 Å². The average molecular weight is 330 g/mol. The Balaban J connectivity index is 2.00. The number of ketones is 1. The molecule has 2 aromatic heterocycles. The number of carbonyl (C=O) groups excluding carboxylic acids is 1. The second kappa shape index (κ2) is 6.04. The van der Waals surface area contributed by atoms with Crippen LogP contribution in [0.4, 0.5) is 4.39 Å². The lowest BCUT2D eigenvalue weighted by Crippen LogP contribution is -2.27. The number of aryl methyl sites for hydroxylation is 2. The maximum atomic E-state index is 12.9. The van der Waals surface area contributed by atoms with Gasteiger partial charge in [0, 0.05) is 10.4 Å². The third-order valence-electron chi connectivity index (χ3n) is 3.71. The summed E-state index contributed by atoms with van der Waals surface area (Å²) < 4.78 is 14.3. The summed E-state index contributed by atoms with van der Waals surface area (Å²) in [7, 11) is 0. The van der Waals surface area contributed by atoms with E-state index in [2.05, 4.69) is 4.98 Å². The monoisotopic (exact) mass is 330 g/mol. The van der Waals surface area contributed by atoms with Crippen molar-refractivity contribution >= 4 is 27.3 Å². The average Bonchev–Trinajstić information content (AvgIpc) is 2.95. The number of hydrogen-bond donors (Lipinski definition) is 0. The zero-order chi connectivity index (χ0) is 16.6. The van der Waals surface area contributed by atoms with Gasteiger partial charge in [-0.2, -0.15) is 0 Å². The van der Waals surface area contributed by atoms with E-state index >= 15 is 0 Å². The van der Waals surface area contributed by atoms with Crippen LogP contribution >= 0.6 is 11.3 Å². The van der Waals surface area contributed by atoms with Crippen LogP contribution in [0.15, 0.2) is 35.1 Å². The Morgan fingerprint density at radius 3 is 2.65 bits per heavy atom. The molecule has 0 unspecified atom stereocenters. The molecule has 0 saturated carbocycles. The summed E-state index contributed by atoms with van der Waals surface area (Å²) in [6.07, 6.45) is 0.841. The molecule has 0 aliphatic heterocycles. The van der Waals surface area contributed by atoms with Gasteiger partial charge in [0.1, 0.15) is 16.5 Å². The molecule has 2 heterocycles. The van der Waals surface area contributed by atoms with Gasteiger partial charge in [0.15, 0.2) is 5.78 Å². The highest BCUT2D eigenvalue weighted by Gasteiger charge is 2.15. The van der Waals surface area contributed by atoms with Crippen LogP contribution < -0.4 is 5.56 Å². The van der Waals surface area contributed by atoms with Gasteiger partial charge in [-0.05, 0) is 43.7 Å². The lowest BCUT2D eigenvalue weighted by Gasteiger charge is -2.08. The fourth-order valence-corrected chi connectivity index (χ4v) is 3.40. The van der Waals surface area contributed by atoms with E-state index in [0.29, 0.717) is 21.6 Å². The molecule has 4 nitrogen and oxygen atoms in total. The van der Waals surface area contributed by atoms with Gasteiger partial charge >= 0.3 is 0 Å². The molecule has 0 aliphatic rings. The van der Waals surface area contributed by atoms with Crippen LogP contribution in [0.25, 0.3) is 10.2 Å². The van der Waals surface area contributed by atoms with Crippen molar-refractivity contribution in [3.05, 3.63) is 62.8 Å². The largest absolute Gasteiger partial charge is 0.292 e. The summed E-state index contributed by atoms with van der Waals surface area (Å²) in [5.41, 5.74) is 0.163. The molecule has 1 aromatic carbocycles. The third kappa shape index (κ3) is 2.94. The van der Waals surface area contributed by atoms with E-state index in [1.807, 2.05) is 13.0 Å². The maximum Gasteiger partial charge on any atom is 0.262 e. The number of thiophene rings is 1. The highest BCUT2D eigenvalue weighted by Crippen LogP contribution is 2.22. The molecule has 0 radical (unpaired) electrons. The first-order valence-corrected chi connectivity index (χ1v) is 8.10. The van der Waals surface area contributed by atoms with Crippen molar-refractivity contribution in [2.24, 2.45) is 0 Å². The zero-order valence-electron chi connectivity index (χ0n) is 12.8. The van der Waals surface area contributed by atoms with E-state index in [9.17, 15) is 14.0 Å². The Labute approximate surface area is 136 Å². The molecule has 3 aromatic rings. The second-order valence-corrected chi connectivity index (χ2v) is 6.38. The molecule has 0 N–H and O–H groups in total. The number of rotatable bonds is 4. The number of aromatic nitrogens is 2. The molecule has 6 heteroatoms. The molecule has 0 atom stereocenters. The first-order chi connectivity index (χ1) is 11.0. The molecule has 0 amide bonds. The minimum absolute atomic E-state index is 0.101. The standard InChI is InChI=1S/C17H15FN2O2S/c1-3-13-8-14-16(23-13)19-10(2)20(17(14)22)9-15(21)11-4-6-12(18)7-5-11/h4-8H,3,9H2,1-2H3. The van der Waals surface area contributed by atoms with Crippen molar-refractivity contribution in [2.45, 2.75) is 26.8 Å². The van der Waals surface area contributed by atoms with E-state index in [4.69, 9.17) is 0 Å². The summed E-state index contributed by atoms with van der Waals surface area (Å²) in [4.78, 5) is 31.2. The highest BCUT2D eigenvalue weighted by atomic mass is 32.1. The highest BCUT2D eigenvalue weighted by molar-refractivity contribution is 7.18. The van der Waals surface area contributed by atoms with Gasteiger partial charge < -0.3 is 0 Å². The second-order valence-electron chi connectivity index (χ2n) is 5.27. The van der Waals surface area contributed by atoms with Crippen molar-refractivity contribution < 1.29 is 9.18 Å². The quantitative estimate of drug-likeness (QED) is 0.689. The van der Waals surface area contributed by atoms with Crippen molar-refractivity contribution in [3.8, 4) is 0 Å². The Hall–Kier alpha value is -2.34. The molecule has 0 spiro atoms. The van der Waals surface area contributed by atoms with E-state index in [-0.39, 0.29) is 17.9 Å². The van der Waals surface area contributed by atoms with Crippen LogP contribution in [-0.2, 0) is 13.0 Å². The minimum Gasteiger partial charge on any atom is -0.292 e. The summed E-state index contributed by atoms with van der Waals surface area (Å²) in [5.74, 6) is -0.145. The predicted octanol–water partition coefficient (Wildman–Crippen LogP) is 3.35. The van der Waals surface area contributed by atoms with Crippen LogP contribution in [0.3, 0.4) is 0 Å². The number of benzene rings is 1. The molecule has 0 bridgehead atoms. The van der Waals surface area contributed by atoms with E-state index in [1.165, 1.54) is 40.2 Å². The zero-order valence-corrected chi connectivity index (χ0v) is 13.6. The first kappa shape index (κ1) is 15.6. The van der Waals surface area contributed by atoms with Crippen LogP contribution in [0.2, 0.25) is 0 Å². The van der Waals surface area contributed by atoms with Gasteiger partial charge in [-0.3, -0.25) is 14.2 Å². The lowest BCUT2D eigenvalue weighted by molar-refractivity contribution is 0.0969. The van der Waals surface area contributed by atoms with Gasteiger partial charge in [0.2, 0.25) is 0 Å². The van der Waals surface area contributed by atoms with Crippen LogP contribution in [0.1, 0.15) is 28.0 Å². The smallest absolute Gasteiger partial charge is 0.262 e. The van der Waals surface area contributed by atoms with Crippen LogP contribution in [-0.4, -0.2) is 15.3 Å². The van der Waals surface area contributed by atoms with E-state index in [0.717, 1.165) is 11.3 Å².